The predicted octanol–water partition coefficient (Wildman–Crippen LogP) is 5.19. The number of carboxylic acid groups (broad SMARTS) is 1. The van der Waals surface area contributed by atoms with Crippen LogP contribution in [0.3, 0.4) is 0 Å². The first-order valence-corrected chi connectivity index (χ1v) is 12.5. The Bertz CT molecular complexity index is 1560. The number of hydrogen-bond acceptors (Lipinski definition) is 7. The lowest BCUT2D eigenvalue weighted by atomic mass is 9.95. The molecule has 180 valence electrons. The van der Waals surface area contributed by atoms with Gasteiger partial charge in [-0.25, -0.2) is 4.98 Å². The Morgan fingerprint density at radius 2 is 1.86 bits per heavy atom. The molecule has 5 rings (SSSR count). The zero-order chi connectivity index (χ0) is 25.6. The Balaban J connectivity index is 1.71. The van der Waals surface area contributed by atoms with Crippen LogP contribution in [0.5, 0.6) is 0 Å². The minimum atomic E-state index is -0.905. The van der Waals surface area contributed by atoms with Crippen LogP contribution < -0.4 is 0 Å². The number of nitriles is 1. The number of nitrogens with zero attached hydrogens (tertiary/aromatic N) is 6. The molecule has 1 N–H and O–H groups in total. The number of hydrogen-bond donors (Lipinski definition) is 1. The smallest absolute Gasteiger partial charge is 0.309 e. The lowest BCUT2D eigenvalue weighted by molar-refractivity contribution is -0.142. The summed E-state index contributed by atoms with van der Waals surface area (Å²) in [6.45, 7) is 7.89. The summed E-state index contributed by atoms with van der Waals surface area (Å²) >= 11 is 1.64. The molecule has 0 spiro atoms. The molecular formula is C27H24N6O2S. The molecule has 2 atom stereocenters. The van der Waals surface area contributed by atoms with Gasteiger partial charge in [-0.05, 0) is 56.0 Å². The van der Waals surface area contributed by atoms with Crippen LogP contribution in [-0.2, 0) is 4.79 Å². The number of rotatable bonds is 5. The normalized spacial score (nSPS) is 15.3. The van der Waals surface area contributed by atoms with E-state index in [9.17, 15) is 15.2 Å². The Kier molecular flexibility index (Phi) is 5.98. The van der Waals surface area contributed by atoms with E-state index in [4.69, 9.17) is 4.99 Å². The second-order valence-corrected chi connectivity index (χ2v) is 10.0. The number of thiophene rings is 1. The number of benzene rings is 1. The van der Waals surface area contributed by atoms with E-state index >= 15 is 0 Å². The van der Waals surface area contributed by atoms with Gasteiger partial charge >= 0.3 is 5.97 Å². The van der Waals surface area contributed by atoms with Gasteiger partial charge < -0.3 is 5.11 Å². The molecule has 0 aliphatic carbocycles. The fourth-order valence-electron chi connectivity index (χ4n) is 4.64. The molecule has 0 saturated carbocycles. The molecule has 1 unspecified atom stereocenters. The maximum absolute atomic E-state index is 12.2. The van der Waals surface area contributed by atoms with E-state index in [1.807, 2.05) is 48.7 Å². The highest BCUT2D eigenvalue weighted by Crippen LogP contribution is 2.41. The average Bonchev–Trinajstić information content (AvgIpc) is 3.35. The topological polar surface area (TPSA) is 117 Å². The van der Waals surface area contributed by atoms with Crippen molar-refractivity contribution in [3.63, 3.8) is 0 Å². The average molecular weight is 497 g/mol. The molecule has 1 aromatic carbocycles. The third kappa shape index (κ3) is 3.80. The maximum Gasteiger partial charge on any atom is 0.309 e. The van der Waals surface area contributed by atoms with E-state index in [0.29, 0.717) is 23.8 Å². The van der Waals surface area contributed by atoms with Crippen LogP contribution in [0.15, 0.2) is 47.6 Å². The van der Waals surface area contributed by atoms with Crippen molar-refractivity contribution in [1.29, 1.82) is 5.26 Å². The van der Waals surface area contributed by atoms with E-state index in [1.54, 1.807) is 23.6 Å². The molecule has 0 fully saturated rings. The third-order valence-corrected chi connectivity index (χ3v) is 7.89. The lowest BCUT2D eigenvalue weighted by Gasteiger charge is -2.19. The minimum Gasteiger partial charge on any atom is -0.481 e. The molecule has 0 radical (unpaired) electrons. The van der Waals surface area contributed by atoms with Crippen molar-refractivity contribution in [2.75, 3.05) is 0 Å². The lowest BCUT2D eigenvalue weighted by Crippen LogP contribution is -2.23. The van der Waals surface area contributed by atoms with Gasteiger partial charge in [-0.15, -0.1) is 21.5 Å². The van der Waals surface area contributed by atoms with Gasteiger partial charge in [-0.3, -0.25) is 14.4 Å². The van der Waals surface area contributed by atoms with Gasteiger partial charge in [0.15, 0.2) is 5.82 Å². The van der Waals surface area contributed by atoms with Crippen molar-refractivity contribution in [3.05, 3.63) is 81.5 Å². The van der Waals surface area contributed by atoms with Crippen molar-refractivity contribution in [2.45, 2.75) is 40.2 Å². The molecule has 1 aliphatic heterocycles. The first-order valence-electron chi connectivity index (χ1n) is 11.6. The quantitative estimate of drug-likeness (QED) is 0.406. The van der Waals surface area contributed by atoms with E-state index in [2.05, 4.69) is 35.1 Å². The van der Waals surface area contributed by atoms with Crippen LogP contribution in [-0.4, -0.2) is 36.5 Å². The van der Waals surface area contributed by atoms with Crippen LogP contribution in [0.25, 0.3) is 16.1 Å². The third-order valence-electron chi connectivity index (χ3n) is 6.69. The Labute approximate surface area is 212 Å². The molecule has 4 aromatic rings. The fourth-order valence-corrected chi connectivity index (χ4v) is 5.86. The Morgan fingerprint density at radius 3 is 2.53 bits per heavy atom. The standard InChI is InChI=1S/C27H24N6O2S/c1-5-21(27(34)35)24-25-32-31-16(4)33(25)26-22(14(2)15(3)36-26)23(30-24)18-8-6-17(7-9-18)19-10-11-29-20(12-19)13-28/h6-12,21,24H,5H2,1-4H3,(H,34,35)/t21-,24?/m0/s1. The first-order chi connectivity index (χ1) is 17.3. The zero-order valence-electron chi connectivity index (χ0n) is 20.4. The second kappa shape index (κ2) is 9.13. The number of aryl methyl sites for hydroxylation is 2. The Hall–Kier alpha value is -4.16. The summed E-state index contributed by atoms with van der Waals surface area (Å²) in [6, 6.07) is 13.0. The summed E-state index contributed by atoms with van der Waals surface area (Å²) < 4.78 is 1.97. The maximum atomic E-state index is 12.2. The van der Waals surface area contributed by atoms with Gasteiger partial charge in [0.25, 0.3) is 0 Å². The number of aliphatic imine (C=N–C) groups is 1. The number of pyridine rings is 1. The predicted molar refractivity (Wildman–Crippen MR) is 138 cm³/mol. The van der Waals surface area contributed by atoms with Gasteiger partial charge in [0.2, 0.25) is 0 Å². The largest absolute Gasteiger partial charge is 0.481 e. The monoisotopic (exact) mass is 496 g/mol. The number of aromatic nitrogens is 4. The number of aliphatic carboxylic acids is 1. The molecule has 0 bridgehead atoms. The second-order valence-electron chi connectivity index (χ2n) is 8.80. The minimum absolute atomic E-state index is 0.360. The van der Waals surface area contributed by atoms with Crippen LogP contribution in [0.2, 0.25) is 0 Å². The van der Waals surface area contributed by atoms with Crippen molar-refractivity contribution < 1.29 is 9.90 Å². The van der Waals surface area contributed by atoms with Crippen molar-refractivity contribution >= 4 is 23.0 Å². The summed E-state index contributed by atoms with van der Waals surface area (Å²) in [5.74, 6) is -0.386. The molecule has 3 aromatic heterocycles. The molecule has 0 saturated heterocycles. The SMILES string of the molecule is CC[C@H](C(=O)O)C1N=C(c2ccc(-c3ccnc(C#N)c3)cc2)c2c(sc(C)c2C)-n2c(C)nnc21. The van der Waals surface area contributed by atoms with Gasteiger partial charge in [-0.2, -0.15) is 5.26 Å². The number of carboxylic acids is 1. The molecule has 0 amide bonds. The molecule has 4 heterocycles. The van der Waals surface area contributed by atoms with Crippen LogP contribution in [0.4, 0.5) is 0 Å². The van der Waals surface area contributed by atoms with E-state index in [1.165, 1.54) is 0 Å². The molecule has 9 heteroatoms. The molecular weight excluding hydrogens is 472 g/mol. The van der Waals surface area contributed by atoms with Crippen LogP contribution in [0.1, 0.15) is 58.3 Å². The summed E-state index contributed by atoms with van der Waals surface area (Å²) in [5.41, 5.74) is 5.93. The van der Waals surface area contributed by atoms with Crippen LogP contribution in [0, 0.1) is 38.0 Å². The van der Waals surface area contributed by atoms with Gasteiger partial charge in [0, 0.05) is 22.2 Å². The first kappa shape index (κ1) is 23.6. The van der Waals surface area contributed by atoms with E-state index in [-0.39, 0.29) is 0 Å². The number of carbonyl (C=O) groups is 1. The highest BCUT2D eigenvalue weighted by molar-refractivity contribution is 7.15. The highest BCUT2D eigenvalue weighted by atomic mass is 32.1. The summed E-state index contributed by atoms with van der Waals surface area (Å²) in [5, 5.41) is 28.9. The van der Waals surface area contributed by atoms with Crippen LogP contribution >= 0.6 is 11.3 Å². The summed E-state index contributed by atoms with van der Waals surface area (Å²) in [4.78, 5) is 22.6. The van der Waals surface area contributed by atoms with E-state index < -0.39 is 17.9 Å². The molecule has 1 aliphatic rings. The van der Waals surface area contributed by atoms with Crippen molar-refractivity contribution in [2.24, 2.45) is 10.9 Å². The fraction of sp³-hybridized carbons (Fsp3) is 0.259. The van der Waals surface area contributed by atoms with E-state index in [0.717, 1.165) is 43.4 Å². The van der Waals surface area contributed by atoms with Gasteiger partial charge in [0.1, 0.15) is 28.6 Å². The van der Waals surface area contributed by atoms with Crippen molar-refractivity contribution in [1.82, 2.24) is 19.7 Å². The zero-order valence-corrected chi connectivity index (χ0v) is 21.2. The summed E-state index contributed by atoms with van der Waals surface area (Å²) in [6.07, 6.45) is 2.04. The highest BCUT2D eigenvalue weighted by Gasteiger charge is 2.37. The molecule has 36 heavy (non-hydrogen) atoms. The van der Waals surface area contributed by atoms with Gasteiger partial charge in [0.05, 0.1) is 11.6 Å². The summed E-state index contributed by atoms with van der Waals surface area (Å²) in [7, 11) is 0. The van der Waals surface area contributed by atoms with Crippen molar-refractivity contribution in [3.8, 4) is 22.2 Å². The Morgan fingerprint density at radius 1 is 1.14 bits per heavy atom. The molecule has 8 nitrogen and oxygen atoms in total. The number of fused-ring (bicyclic) bond motifs is 3. The van der Waals surface area contributed by atoms with Gasteiger partial charge in [-0.1, -0.05) is 31.2 Å².